The molecule has 0 aromatic heterocycles. The zero-order valence-corrected chi connectivity index (χ0v) is 10.4. The predicted octanol–water partition coefficient (Wildman–Crippen LogP) is 2.70. The normalized spacial score (nSPS) is 31.1. The fraction of sp³-hybridized carbons (Fsp3) is 0.769. The van der Waals surface area contributed by atoms with Crippen LogP contribution in [0.5, 0.6) is 0 Å². The van der Waals surface area contributed by atoms with Crippen molar-refractivity contribution in [2.45, 2.75) is 58.5 Å². The second-order valence-electron chi connectivity index (χ2n) is 4.54. The van der Waals surface area contributed by atoms with Gasteiger partial charge in [0.15, 0.2) is 6.29 Å². The zero-order valence-electron chi connectivity index (χ0n) is 10.4. The van der Waals surface area contributed by atoms with Crippen molar-refractivity contribution < 1.29 is 14.3 Å². The summed E-state index contributed by atoms with van der Waals surface area (Å²) < 4.78 is 11.4. The average molecular weight is 226 g/mol. The summed E-state index contributed by atoms with van der Waals surface area (Å²) in [5.74, 6) is 0.524. The fourth-order valence-corrected chi connectivity index (χ4v) is 1.73. The monoisotopic (exact) mass is 226 g/mol. The Kier molecular flexibility index (Phi) is 5.71. The molecule has 3 nitrogen and oxygen atoms in total. The van der Waals surface area contributed by atoms with Gasteiger partial charge in [0.2, 0.25) is 0 Å². The van der Waals surface area contributed by atoms with E-state index in [9.17, 15) is 4.79 Å². The molecule has 0 amide bonds. The number of carbonyl (C=O) groups is 1. The molecular weight excluding hydrogens is 204 g/mol. The molecule has 0 aromatic carbocycles. The molecule has 3 heteroatoms. The van der Waals surface area contributed by atoms with Crippen molar-refractivity contribution in [2.75, 3.05) is 0 Å². The fourth-order valence-electron chi connectivity index (χ4n) is 1.73. The van der Waals surface area contributed by atoms with E-state index < -0.39 is 0 Å². The Morgan fingerprint density at radius 2 is 2.12 bits per heavy atom. The summed E-state index contributed by atoms with van der Waals surface area (Å²) in [5, 5.41) is 0. The highest BCUT2D eigenvalue weighted by molar-refractivity contribution is 5.50. The van der Waals surface area contributed by atoms with E-state index in [-0.39, 0.29) is 18.5 Å². The van der Waals surface area contributed by atoms with Gasteiger partial charge in [-0.2, -0.15) is 0 Å². The molecule has 0 bridgehead atoms. The Bertz CT molecular complexity index is 235. The Hall–Kier alpha value is -0.670. The second kappa shape index (κ2) is 6.81. The number of hydrogen-bond donors (Lipinski definition) is 0. The van der Waals surface area contributed by atoms with Gasteiger partial charge >= 0.3 is 0 Å². The van der Waals surface area contributed by atoms with Gasteiger partial charge < -0.3 is 14.3 Å². The Labute approximate surface area is 97.8 Å². The highest BCUT2D eigenvalue weighted by Gasteiger charge is 2.27. The first kappa shape index (κ1) is 13.4. The van der Waals surface area contributed by atoms with Crippen LogP contribution in [0.2, 0.25) is 0 Å². The number of ether oxygens (including phenoxy) is 2. The third-order valence-electron chi connectivity index (χ3n) is 2.57. The lowest BCUT2D eigenvalue weighted by atomic mass is 10.1. The van der Waals surface area contributed by atoms with Crippen LogP contribution in [-0.4, -0.2) is 24.8 Å². The number of carbonyl (C=O) groups excluding carboxylic acids is 1. The van der Waals surface area contributed by atoms with Crippen LogP contribution < -0.4 is 0 Å². The molecule has 0 aromatic rings. The maximum atomic E-state index is 10.5. The highest BCUT2D eigenvalue weighted by atomic mass is 16.7. The van der Waals surface area contributed by atoms with Crippen molar-refractivity contribution in [3.8, 4) is 0 Å². The SMILES string of the molecule is CC[C@@H]1O[C@H](CC=O)C[C@H](/C=C/C(C)C)O1. The lowest BCUT2D eigenvalue weighted by Crippen LogP contribution is -2.37. The van der Waals surface area contributed by atoms with Crippen LogP contribution in [0.1, 0.15) is 40.0 Å². The van der Waals surface area contributed by atoms with Gasteiger partial charge in [-0.15, -0.1) is 0 Å². The van der Waals surface area contributed by atoms with Crippen molar-refractivity contribution in [1.29, 1.82) is 0 Å². The summed E-state index contributed by atoms with van der Waals surface area (Å²) in [6.45, 7) is 6.29. The van der Waals surface area contributed by atoms with Crippen molar-refractivity contribution in [2.24, 2.45) is 5.92 Å². The van der Waals surface area contributed by atoms with Crippen LogP contribution in [0, 0.1) is 5.92 Å². The second-order valence-corrected chi connectivity index (χ2v) is 4.54. The molecule has 0 radical (unpaired) electrons. The van der Waals surface area contributed by atoms with E-state index in [1.165, 1.54) is 0 Å². The van der Waals surface area contributed by atoms with E-state index in [4.69, 9.17) is 9.47 Å². The quantitative estimate of drug-likeness (QED) is 0.534. The van der Waals surface area contributed by atoms with E-state index in [0.29, 0.717) is 12.3 Å². The molecule has 1 fully saturated rings. The largest absolute Gasteiger partial charge is 0.349 e. The molecular formula is C13H22O3. The standard InChI is InChI=1S/C13H22O3/c1-4-13-15-11(6-5-10(2)3)9-12(16-13)7-8-14/h5-6,8,10-13H,4,7,9H2,1-3H3/b6-5+/t11-,12+,13-/m0/s1. The molecule has 0 aliphatic carbocycles. The minimum absolute atomic E-state index is 0.0120. The van der Waals surface area contributed by atoms with E-state index in [2.05, 4.69) is 26.0 Å². The molecule has 92 valence electrons. The highest BCUT2D eigenvalue weighted by Crippen LogP contribution is 2.23. The van der Waals surface area contributed by atoms with Crippen molar-refractivity contribution >= 4 is 6.29 Å². The van der Waals surface area contributed by atoms with Gasteiger partial charge in [0.05, 0.1) is 12.2 Å². The van der Waals surface area contributed by atoms with E-state index >= 15 is 0 Å². The molecule has 0 saturated carbocycles. The van der Waals surface area contributed by atoms with E-state index in [1.807, 2.05) is 6.92 Å². The number of rotatable bonds is 5. The molecule has 0 N–H and O–H groups in total. The minimum atomic E-state index is -0.166. The predicted molar refractivity (Wildman–Crippen MR) is 63.1 cm³/mol. The van der Waals surface area contributed by atoms with Crippen LogP contribution in [0.15, 0.2) is 12.2 Å². The smallest absolute Gasteiger partial charge is 0.158 e. The van der Waals surface area contributed by atoms with Gasteiger partial charge in [-0.25, -0.2) is 0 Å². The maximum absolute atomic E-state index is 10.5. The Morgan fingerprint density at radius 1 is 1.38 bits per heavy atom. The van der Waals surface area contributed by atoms with Gasteiger partial charge in [0.25, 0.3) is 0 Å². The van der Waals surface area contributed by atoms with Gasteiger partial charge in [-0.1, -0.05) is 32.9 Å². The van der Waals surface area contributed by atoms with Gasteiger partial charge in [-0.3, -0.25) is 0 Å². The maximum Gasteiger partial charge on any atom is 0.158 e. The number of aldehydes is 1. The molecule has 1 aliphatic rings. The molecule has 1 saturated heterocycles. The molecule has 1 rings (SSSR count). The first-order valence-corrected chi connectivity index (χ1v) is 6.08. The summed E-state index contributed by atoms with van der Waals surface area (Å²) in [4.78, 5) is 10.5. The zero-order chi connectivity index (χ0) is 12.0. The molecule has 1 aliphatic heterocycles. The lowest BCUT2D eigenvalue weighted by molar-refractivity contribution is -0.231. The molecule has 0 unspecified atom stereocenters. The van der Waals surface area contributed by atoms with Crippen molar-refractivity contribution in [3.63, 3.8) is 0 Å². The summed E-state index contributed by atoms with van der Waals surface area (Å²) >= 11 is 0. The molecule has 16 heavy (non-hydrogen) atoms. The number of allylic oxidation sites excluding steroid dienone is 1. The summed E-state index contributed by atoms with van der Waals surface area (Å²) in [7, 11) is 0. The van der Waals surface area contributed by atoms with Crippen LogP contribution in [0.4, 0.5) is 0 Å². The lowest BCUT2D eigenvalue weighted by Gasteiger charge is -2.33. The third-order valence-corrected chi connectivity index (χ3v) is 2.57. The molecule has 3 atom stereocenters. The van der Waals surface area contributed by atoms with Crippen LogP contribution in [0.25, 0.3) is 0 Å². The Balaban J connectivity index is 2.53. The summed E-state index contributed by atoms with van der Waals surface area (Å²) in [5.41, 5.74) is 0. The van der Waals surface area contributed by atoms with Gasteiger partial charge in [0.1, 0.15) is 6.29 Å². The van der Waals surface area contributed by atoms with E-state index in [0.717, 1.165) is 19.1 Å². The Morgan fingerprint density at radius 3 is 2.69 bits per heavy atom. The summed E-state index contributed by atoms with van der Waals surface area (Å²) in [6, 6.07) is 0. The molecule has 0 spiro atoms. The average Bonchev–Trinajstić information content (AvgIpc) is 2.26. The topological polar surface area (TPSA) is 35.5 Å². The van der Waals surface area contributed by atoms with E-state index in [1.54, 1.807) is 0 Å². The minimum Gasteiger partial charge on any atom is -0.349 e. The molecule has 1 heterocycles. The first-order valence-electron chi connectivity index (χ1n) is 6.08. The van der Waals surface area contributed by atoms with Crippen LogP contribution in [0.3, 0.4) is 0 Å². The van der Waals surface area contributed by atoms with Gasteiger partial charge in [-0.05, 0) is 12.3 Å². The van der Waals surface area contributed by atoms with Crippen LogP contribution in [-0.2, 0) is 14.3 Å². The third kappa shape index (κ3) is 4.45. The first-order chi connectivity index (χ1) is 7.65. The van der Waals surface area contributed by atoms with Crippen molar-refractivity contribution in [3.05, 3.63) is 12.2 Å². The van der Waals surface area contributed by atoms with Crippen molar-refractivity contribution in [1.82, 2.24) is 0 Å². The number of hydrogen-bond acceptors (Lipinski definition) is 3. The van der Waals surface area contributed by atoms with Gasteiger partial charge in [0, 0.05) is 12.8 Å². The summed E-state index contributed by atoms with van der Waals surface area (Å²) in [6.07, 6.45) is 7.15. The van der Waals surface area contributed by atoms with Crippen LogP contribution >= 0.6 is 0 Å².